The molecule has 0 amide bonds. The SMILES string of the molecule is CN(CCO)C1CCCN(c2ccc(F)cc2)C1. The van der Waals surface area contributed by atoms with Crippen LogP contribution in [0.25, 0.3) is 0 Å². The van der Waals surface area contributed by atoms with Crippen LogP contribution in [0, 0.1) is 5.82 Å². The monoisotopic (exact) mass is 252 g/mol. The number of piperidine rings is 1. The second kappa shape index (κ2) is 6.16. The van der Waals surface area contributed by atoms with Gasteiger partial charge in [0.05, 0.1) is 6.61 Å². The zero-order valence-electron chi connectivity index (χ0n) is 10.8. The Bertz CT molecular complexity index is 369. The van der Waals surface area contributed by atoms with Gasteiger partial charge in [0.2, 0.25) is 0 Å². The van der Waals surface area contributed by atoms with Crippen molar-refractivity contribution in [1.82, 2.24) is 4.90 Å². The van der Waals surface area contributed by atoms with E-state index >= 15 is 0 Å². The number of halogens is 1. The van der Waals surface area contributed by atoms with Gasteiger partial charge in [-0.05, 0) is 44.2 Å². The highest BCUT2D eigenvalue weighted by atomic mass is 19.1. The predicted octanol–water partition coefficient (Wildman–Crippen LogP) is 1.72. The van der Waals surface area contributed by atoms with Crippen molar-refractivity contribution in [1.29, 1.82) is 0 Å². The molecular weight excluding hydrogens is 231 g/mol. The molecule has 3 nitrogen and oxygen atoms in total. The van der Waals surface area contributed by atoms with Gasteiger partial charge in [0.1, 0.15) is 5.82 Å². The van der Waals surface area contributed by atoms with Crippen molar-refractivity contribution in [2.24, 2.45) is 0 Å². The van der Waals surface area contributed by atoms with E-state index in [0.717, 1.165) is 31.6 Å². The molecule has 2 rings (SSSR count). The van der Waals surface area contributed by atoms with Crippen LogP contribution >= 0.6 is 0 Å². The maximum atomic E-state index is 12.9. The molecule has 0 aliphatic carbocycles. The summed E-state index contributed by atoms with van der Waals surface area (Å²) in [6.45, 7) is 2.88. The molecule has 0 spiro atoms. The first-order chi connectivity index (χ1) is 8.70. The minimum atomic E-state index is -0.190. The number of anilines is 1. The van der Waals surface area contributed by atoms with Crippen LogP contribution in [0.2, 0.25) is 0 Å². The third-order valence-corrected chi connectivity index (χ3v) is 3.66. The Labute approximate surface area is 108 Å². The van der Waals surface area contributed by atoms with Gasteiger partial charge in [-0.1, -0.05) is 0 Å². The van der Waals surface area contributed by atoms with Crippen molar-refractivity contribution >= 4 is 5.69 Å². The van der Waals surface area contributed by atoms with Gasteiger partial charge in [-0.25, -0.2) is 4.39 Å². The van der Waals surface area contributed by atoms with Gasteiger partial charge in [0, 0.05) is 31.4 Å². The van der Waals surface area contributed by atoms with Gasteiger partial charge in [0.15, 0.2) is 0 Å². The first-order valence-corrected chi connectivity index (χ1v) is 6.52. The summed E-state index contributed by atoms with van der Waals surface area (Å²) in [5, 5.41) is 8.98. The summed E-state index contributed by atoms with van der Waals surface area (Å²) in [5.74, 6) is -0.190. The van der Waals surface area contributed by atoms with Crippen molar-refractivity contribution in [2.75, 3.05) is 38.2 Å². The van der Waals surface area contributed by atoms with E-state index in [2.05, 4.69) is 16.8 Å². The Morgan fingerprint density at radius 1 is 1.39 bits per heavy atom. The highest BCUT2D eigenvalue weighted by molar-refractivity contribution is 5.46. The summed E-state index contributed by atoms with van der Waals surface area (Å²) in [6, 6.07) is 7.16. The van der Waals surface area contributed by atoms with Gasteiger partial charge in [-0.15, -0.1) is 0 Å². The van der Waals surface area contributed by atoms with E-state index in [0.29, 0.717) is 12.6 Å². The van der Waals surface area contributed by atoms with Gasteiger partial charge in [0.25, 0.3) is 0 Å². The standard InChI is InChI=1S/C14H21FN2O/c1-16(9-10-18)14-3-2-8-17(11-14)13-6-4-12(15)5-7-13/h4-7,14,18H,2-3,8-11H2,1H3. The van der Waals surface area contributed by atoms with Crippen LogP contribution in [-0.4, -0.2) is 49.3 Å². The lowest BCUT2D eigenvalue weighted by atomic mass is 10.0. The van der Waals surface area contributed by atoms with E-state index in [9.17, 15) is 4.39 Å². The molecule has 1 N–H and O–H groups in total. The number of hydrogen-bond donors (Lipinski definition) is 1. The number of aliphatic hydroxyl groups excluding tert-OH is 1. The number of nitrogens with zero attached hydrogens (tertiary/aromatic N) is 2. The van der Waals surface area contributed by atoms with Gasteiger partial charge in [-0.3, -0.25) is 4.90 Å². The van der Waals surface area contributed by atoms with E-state index in [1.807, 2.05) is 12.1 Å². The van der Waals surface area contributed by atoms with Gasteiger partial charge in [-0.2, -0.15) is 0 Å². The molecule has 1 atom stereocenters. The van der Waals surface area contributed by atoms with Crippen LogP contribution in [0.4, 0.5) is 10.1 Å². The molecule has 1 aromatic rings. The van der Waals surface area contributed by atoms with E-state index in [1.165, 1.54) is 12.1 Å². The topological polar surface area (TPSA) is 26.7 Å². The summed E-state index contributed by atoms with van der Waals surface area (Å²) < 4.78 is 12.9. The quantitative estimate of drug-likeness (QED) is 0.884. The number of hydrogen-bond acceptors (Lipinski definition) is 3. The number of rotatable bonds is 4. The highest BCUT2D eigenvalue weighted by Gasteiger charge is 2.22. The van der Waals surface area contributed by atoms with Gasteiger partial charge >= 0.3 is 0 Å². The predicted molar refractivity (Wildman–Crippen MR) is 71.4 cm³/mol. The normalized spacial score (nSPS) is 20.4. The second-order valence-corrected chi connectivity index (χ2v) is 4.92. The molecule has 1 fully saturated rings. The highest BCUT2D eigenvalue weighted by Crippen LogP contribution is 2.22. The molecule has 0 bridgehead atoms. The number of aliphatic hydroxyl groups is 1. The van der Waals surface area contributed by atoms with Crippen LogP contribution in [0.15, 0.2) is 24.3 Å². The fraction of sp³-hybridized carbons (Fsp3) is 0.571. The molecule has 1 aliphatic rings. The summed E-state index contributed by atoms with van der Waals surface area (Å²) in [5.41, 5.74) is 1.08. The first-order valence-electron chi connectivity index (χ1n) is 6.52. The van der Waals surface area contributed by atoms with Crippen molar-refractivity contribution in [3.05, 3.63) is 30.1 Å². The Balaban J connectivity index is 2.00. The lowest BCUT2D eigenvalue weighted by Gasteiger charge is -2.38. The lowest BCUT2D eigenvalue weighted by molar-refractivity contribution is 0.166. The minimum absolute atomic E-state index is 0.190. The van der Waals surface area contributed by atoms with Crippen LogP contribution in [0.5, 0.6) is 0 Å². The fourth-order valence-corrected chi connectivity index (χ4v) is 2.54. The molecule has 1 aromatic carbocycles. The Morgan fingerprint density at radius 2 is 2.11 bits per heavy atom. The molecule has 0 radical (unpaired) electrons. The zero-order valence-corrected chi connectivity index (χ0v) is 10.8. The molecule has 0 aromatic heterocycles. The number of benzene rings is 1. The van der Waals surface area contributed by atoms with Crippen molar-refractivity contribution in [3.8, 4) is 0 Å². The minimum Gasteiger partial charge on any atom is -0.395 e. The van der Waals surface area contributed by atoms with E-state index < -0.39 is 0 Å². The second-order valence-electron chi connectivity index (χ2n) is 4.92. The molecule has 1 aliphatic heterocycles. The van der Waals surface area contributed by atoms with Gasteiger partial charge < -0.3 is 10.0 Å². The summed E-state index contributed by atoms with van der Waals surface area (Å²) in [7, 11) is 2.05. The Morgan fingerprint density at radius 3 is 2.78 bits per heavy atom. The van der Waals surface area contributed by atoms with Crippen molar-refractivity contribution in [3.63, 3.8) is 0 Å². The summed E-state index contributed by atoms with van der Waals surface area (Å²) in [4.78, 5) is 4.50. The van der Waals surface area contributed by atoms with Crippen molar-refractivity contribution < 1.29 is 9.50 Å². The van der Waals surface area contributed by atoms with Crippen LogP contribution < -0.4 is 4.90 Å². The largest absolute Gasteiger partial charge is 0.395 e. The third kappa shape index (κ3) is 3.21. The Hall–Kier alpha value is -1.13. The molecule has 4 heteroatoms. The zero-order chi connectivity index (χ0) is 13.0. The fourth-order valence-electron chi connectivity index (χ4n) is 2.54. The molecule has 0 saturated carbocycles. The van der Waals surface area contributed by atoms with E-state index in [4.69, 9.17) is 5.11 Å². The van der Waals surface area contributed by atoms with Crippen LogP contribution in [-0.2, 0) is 0 Å². The smallest absolute Gasteiger partial charge is 0.123 e. The molecule has 1 unspecified atom stereocenters. The maximum absolute atomic E-state index is 12.9. The molecule has 1 heterocycles. The first kappa shape index (κ1) is 13.3. The Kier molecular flexibility index (Phi) is 4.55. The van der Waals surface area contributed by atoms with E-state index in [-0.39, 0.29) is 12.4 Å². The number of likely N-dealkylation sites (N-methyl/N-ethyl adjacent to an activating group) is 1. The third-order valence-electron chi connectivity index (χ3n) is 3.66. The van der Waals surface area contributed by atoms with Crippen molar-refractivity contribution in [2.45, 2.75) is 18.9 Å². The van der Waals surface area contributed by atoms with E-state index in [1.54, 1.807) is 0 Å². The summed E-state index contributed by atoms with van der Waals surface area (Å²) in [6.07, 6.45) is 2.30. The average molecular weight is 252 g/mol. The lowest BCUT2D eigenvalue weighted by Crippen LogP contribution is -2.47. The molecular formula is C14H21FN2O. The maximum Gasteiger partial charge on any atom is 0.123 e. The summed E-state index contributed by atoms with van der Waals surface area (Å²) >= 11 is 0. The van der Waals surface area contributed by atoms with Crippen LogP contribution in [0.1, 0.15) is 12.8 Å². The average Bonchev–Trinajstić information content (AvgIpc) is 2.40. The van der Waals surface area contributed by atoms with Crippen LogP contribution in [0.3, 0.4) is 0 Å². The molecule has 18 heavy (non-hydrogen) atoms. The molecule has 1 saturated heterocycles. The molecule has 100 valence electrons.